The SMILES string of the molecule is CC(C)(C)CNC(=O)CC(C)(C)N1CCNCC1. The fourth-order valence-corrected chi connectivity index (χ4v) is 2.20. The van der Waals surface area contributed by atoms with Gasteiger partial charge in [-0.1, -0.05) is 20.8 Å². The molecule has 0 saturated carbocycles. The summed E-state index contributed by atoms with van der Waals surface area (Å²) < 4.78 is 0. The van der Waals surface area contributed by atoms with Gasteiger partial charge in [-0.15, -0.1) is 0 Å². The lowest BCUT2D eigenvalue weighted by atomic mass is 9.94. The van der Waals surface area contributed by atoms with Crippen LogP contribution in [0.25, 0.3) is 0 Å². The van der Waals surface area contributed by atoms with Crippen LogP contribution in [0.5, 0.6) is 0 Å². The number of piperazine rings is 1. The van der Waals surface area contributed by atoms with E-state index in [1.54, 1.807) is 0 Å². The Morgan fingerprint density at radius 2 is 1.72 bits per heavy atom. The van der Waals surface area contributed by atoms with Gasteiger partial charge in [0.2, 0.25) is 5.91 Å². The van der Waals surface area contributed by atoms with Crippen molar-refractivity contribution in [3.8, 4) is 0 Å². The topological polar surface area (TPSA) is 44.4 Å². The quantitative estimate of drug-likeness (QED) is 0.794. The van der Waals surface area contributed by atoms with Crippen LogP contribution in [0.3, 0.4) is 0 Å². The van der Waals surface area contributed by atoms with Gasteiger partial charge < -0.3 is 10.6 Å². The molecular formula is C14H29N3O. The molecule has 0 spiro atoms. The van der Waals surface area contributed by atoms with Crippen LogP contribution < -0.4 is 10.6 Å². The summed E-state index contributed by atoms with van der Waals surface area (Å²) in [5.41, 5.74) is 0.0961. The van der Waals surface area contributed by atoms with Crippen molar-refractivity contribution in [2.45, 2.75) is 46.6 Å². The highest BCUT2D eigenvalue weighted by Gasteiger charge is 2.30. The van der Waals surface area contributed by atoms with Crippen molar-refractivity contribution in [2.75, 3.05) is 32.7 Å². The number of carbonyl (C=O) groups is 1. The molecule has 1 aliphatic heterocycles. The Hall–Kier alpha value is -0.610. The first-order chi connectivity index (χ1) is 8.21. The molecule has 18 heavy (non-hydrogen) atoms. The summed E-state index contributed by atoms with van der Waals surface area (Å²) in [7, 11) is 0. The molecule has 1 heterocycles. The minimum atomic E-state index is -0.0515. The number of amides is 1. The number of rotatable bonds is 4. The molecular weight excluding hydrogens is 226 g/mol. The van der Waals surface area contributed by atoms with Gasteiger partial charge >= 0.3 is 0 Å². The van der Waals surface area contributed by atoms with E-state index in [-0.39, 0.29) is 16.9 Å². The molecule has 1 aliphatic rings. The number of hydrogen-bond acceptors (Lipinski definition) is 3. The third-order valence-corrected chi connectivity index (χ3v) is 3.38. The van der Waals surface area contributed by atoms with E-state index in [0.29, 0.717) is 6.42 Å². The average molecular weight is 255 g/mol. The summed E-state index contributed by atoms with van der Waals surface area (Å²) in [6, 6.07) is 0. The molecule has 0 aromatic rings. The van der Waals surface area contributed by atoms with Crippen molar-refractivity contribution in [3.63, 3.8) is 0 Å². The maximum Gasteiger partial charge on any atom is 0.221 e. The molecule has 0 unspecified atom stereocenters. The Morgan fingerprint density at radius 3 is 2.22 bits per heavy atom. The predicted molar refractivity (Wildman–Crippen MR) is 75.6 cm³/mol. The Kier molecular flexibility index (Phi) is 5.17. The van der Waals surface area contributed by atoms with E-state index in [4.69, 9.17) is 0 Å². The fraction of sp³-hybridized carbons (Fsp3) is 0.929. The highest BCUT2D eigenvalue weighted by atomic mass is 16.1. The molecule has 106 valence electrons. The molecule has 1 amide bonds. The fourth-order valence-electron chi connectivity index (χ4n) is 2.20. The second-order valence-corrected chi connectivity index (χ2v) is 7.06. The van der Waals surface area contributed by atoms with Crippen molar-refractivity contribution in [1.29, 1.82) is 0 Å². The molecule has 2 N–H and O–H groups in total. The van der Waals surface area contributed by atoms with Crippen LogP contribution in [0.4, 0.5) is 0 Å². The molecule has 0 aromatic heterocycles. The van der Waals surface area contributed by atoms with Crippen molar-refractivity contribution < 1.29 is 4.79 Å². The zero-order chi connectivity index (χ0) is 13.8. The average Bonchev–Trinajstić information content (AvgIpc) is 2.26. The van der Waals surface area contributed by atoms with Gasteiger partial charge in [0.1, 0.15) is 0 Å². The maximum atomic E-state index is 12.0. The Balaban J connectivity index is 2.41. The maximum absolute atomic E-state index is 12.0. The van der Waals surface area contributed by atoms with Crippen LogP contribution in [0.2, 0.25) is 0 Å². The van der Waals surface area contributed by atoms with E-state index < -0.39 is 0 Å². The standard InChI is InChI=1S/C14H29N3O/c1-13(2,3)11-16-12(18)10-14(4,5)17-8-6-15-7-9-17/h15H,6-11H2,1-5H3,(H,16,18). The summed E-state index contributed by atoms with van der Waals surface area (Å²) in [5, 5.41) is 6.38. The van der Waals surface area contributed by atoms with E-state index in [1.807, 2.05) is 0 Å². The van der Waals surface area contributed by atoms with Crippen LogP contribution in [0.15, 0.2) is 0 Å². The van der Waals surface area contributed by atoms with Crippen LogP contribution in [-0.2, 0) is 4.79 Å². The van der Waals surface area contributed by atoms with Gasteiger partial charge in [-0.2, -0.15) is 0 Å². The molecule has 1 fully saturated rings. The Bertz CT molecular complexity index is 275. The first kappa shape index (κ1) is 15.4. The summed E-state index contributed by atoms with van der Waals surface area (Å²) in [4.78, 5) is 14.4. The van der Waals surface area contributed by atoms with E-state index >= 15 is 0 Å². The Labute approximate surface area is 111 Å². The minimum absolute atomic E-state index is 0.0515. The van der Waals surface area contributed by atoms with Crippen molar-refractivity contribution in [3.05, 3.63) is 0 Å². The minimum Gasteiger partial charge on any atom is -0.356 e. The lowest BCUT2D eigenvalue weighted by Gasteiger charge is -2.41. The number of nitrogens with one attached hydrogen (secondary N) is 2. The van der Waals surface area contributed by atoms with Gasteiger partial charge in [0, 0.05) is 44.7 Å². The molecule has 1 saturated heterocycles. The lowest BCUT2D eigenvalue weighted by molar-refractivity contribution is -0.124. The summed E-state index contributed by atoms with van der Waals surface area (Å²) in [6.07, 6.45) is 0.572. The first-order valence-corrected chi connectivity index (χ1v) is 6.93. The van der Waals surface area contributed by atoms with E-state index in [9.17, 15) is 4.79 Å². The first-order valence-electron chi connectivity index (χ1n) is 6.93. The van der Waals surface area contributed by atoms with E-state index in [1.165, 1.54) is 0 Å². The lowest BCUT2D eigenvalue weighted by Crippen LogP contribution is -2.55. The van der Waals surface area contributed by atoms with Gasteiger partial charge in [-0.3, -0.25) is 9.69 Å². The molecule has 4 heteroatoms. The number of hydrogen-bond donors (Lipinski definition) is 2. The molecule has 4 nitrogen and oxygen atoms in total. The van der Waals surface area contributed by atoms with Crippen LogP contribution in [-0.4, -0.2) is 49.1 Å². The molecule has 0 aliphatic carbocycles. The van der Waals surface area contributed by atoms with Gasteiger partial charge in [-0.05, 0) is 19.3 Å². The zero-order valence-corrected chi connectivity index (χ0v) is 12.6. The van der Waals surface area contributed by atoms with Gasteiger partial charge in [-0.25, -0.2) is 0 Å². The number of carbonyl (C=O) groups excluding carboxylic acids is 1. The molecule has 0 atom stereocenters. The normalized spacial score (nSPS) is 18.7. The number of nitrogens with zero attached hydrogens (tertiary/aromatic N) is 1. The van der Waals surface area contributed by atoms with Crippen LogP contribution in [0, 0.1) is 5.41 Å². The molecule has 0 aromatic carbocycles. The zero-order valence-electron chi connectivity index (χ0n) is 12.6. The molecule has 1 rings (SSSR count). The van der Waals surface area contributed by atoms with Gasteiger partial charge in [0.15, 0.2) is 0 Å². The summed E-state index contributed by atoms with van der Waals surface area (Å²) in [6.45, 7) is 15.6. The van der Waals surface area contributed by atoms with Crippen molar-refractivity contribution in [2.24, 2.45) is 5.41 Å². The van der Waals surface area contributed by atoms with Gasteiger partial charge in [0.25, 0.3) is 0 Å². The summed E-state index contributed by atoms with van der Waals surface area (Å²) in [5.74, 6) is 0.161. The van der Waals surface area contributed by atoms with Crippen molar-refractivity contribution >= 4 is 5.91 Å². The highest BCUT2D eigenvalue weighted by Crippen LogP contribution is 2.19. The third-order valence-electron chi connectivity index (χ3n) is 3.38. The predicted octanol–water partition coefficient (Wildman–Crippen LogP) is 1.22. The summed E-state index contributed by atoms with van der Waals surface area (Å²) >= 11 is 0. The second kappa shape index (κ2) is 6.02. The largest absolute Gasteiger partial charge is 0.356 e. The molecule has 0 bridgehead atoms. The van der Waals surface area contributed by atoms with Crippen LogP contribution >= 0.6 is 0 Å². The highest BCUT2D eigenvalue weighted by molar-refractivity contribution is 5.77. The van der Waals surface area contributed by atoms with Gasteiger partial charge in [0.05, 0.1) is 0 Å². The van der Waals surface area contributed by atoms with E-state index in [0.717, 1.165) is 32.7 Å². The van der Waals surface area contributed by atoms with Crippen molar-refractivity contribution in [1.82, 2.24) is 15.5 Å². The Morgan fingerprint density at radius 1 is 1.17 bits per heavy atom. The third kappa shape index (κ3) is 5.36. The second-order valence-electron chi connectivity index (χ2n) is 7.06. The van der Waals surface area contributed by atoms with E-state index in [2.05, 4.69) is 50.2 Å². The monoisotopic (exact) mass is 255 g/mol. The molecule has 0 radical (unpaired) electrons. The smallest absolute Gasteiger partial charge is 0.221 e. The van der Waals surface area contributed by atoms with Crippen LogP contribution in [0.1, 0.15) is 41.0 Å².